The number of aromatic hydroxyl groups is 1. The van der Waals surface area contributed by atoms with E-state index in [2.05, 4.69) is 15.2 Å². The minimum absolute atomic E-state index is 0.00840. The lowest BCUT2D eigenvalue weighted by Crippen LogP contribution is -2.47. The number of β-amino-alcohol motifs (C(OH)–C–C–N with tert-alkyl or cyclic N) is 1. The second-order valence-corrected chi connectivity index (χ2v) is 7.20. The number of alkyl halides is 6. The summed E-state index contributed by atoms with van der Waals surface area (Å²) < 4.78 is 78.1. The van der Waals surface area contributed by atoms with Crippen molar-refractivity contribution >= 4 is 16.7 Å². The van der Waals surface area contributed by atoms with E-state index in [0.29, 0.717) is 6.07 Å². The van der Waals surface area contributed by atoms with E-state index in [4.69, 9.17) is 0 Å². The van der Waals surface area contributed by atoms with Crippen LogP contribution >= 0.6 is 0 Å². The number of fused-ring (bicyclic) bond motifs is 1. The van der Waals surface area contributed by atoms with Gasteiger partial charge in [-0.2, -0.15) is 26.3 Å². The average molecular weight is 444 g/mol. The first-order chi connectivity index (χ1) is 14.4. The predicted molar refractivity (Wildman–Crippen MR) is 97.3 cm³/mol. The first-order valence-corrected chi connectivity index (χ1v) is 8.97. The first kappa shape index (κ1) is 21.1. The maximum Gasteiger partial charge on any atom is 0.418 e. The molecule has 0 bridgehead atoms. The van der Waals surface area contributed by atoms with Crippen LogP contribution in [-0.2, 0) is 6.18 Å². The molecular formula is C19H14F6N4O2. The van der Waals surface area contributed by atoms with Crippen molar-refractivity contribution in [1.29, 1.82) is 0 Å². The van der Waals surface area contributed by atoms with Gasteiger partial charge in [-0.15, -0.1) is 10.2 Å². The van der Waals surface area contributed by atoms with Crippen LogP contribution in [0.2, 0.25) is 0 Å². The monoisotopic (exact) mass is 444 g/mol. The van der Waals surface area contributed by atoms with Gasteiger partial charge in [0.05, 0.1) is 12.1 Å². The molecule has 1 saturated heterocycles. The largest absolute Gasteiger partial charge is 0.507 e. The van der Waals surface area contributed by atoms with Crippen molar-refractivity contribution in [3.8, 4) is 17.0 Å². The molecule has 12 heteroatoms. The fourth-order valence-corrected chi connectivity index (χ4v) is 3.50. The molecule has 3 heterocycles. The Bertz CT molecular complexity index is 1150. The number of aromatic nitrogens is 3. The third-order valence-corrected chi connectivity index (χ3v) is 5.17. The van der Waals surface area contributed by atoms with Gasteiger partial charge in [-0.3, -0.25) is 4.98 Å². The summed E-state index contributed by atoms with van der Waals surface area (Å²) in [6, 6.07) is 5.38. The Balaban J connectivity index is 1.79. The number of hydrogen-bond acceptors (Lipinski definition) is 6. The van der Waals surface area contributed by atoms with Crippen LogP contribution < -0.4 is 4.90 Å². The Morgan fingerprint density at radius 2 is 1.77 bits per heavy atom. The van der Waals surface area contributed by atoms with Crippen molar-refractivity contribution in [1.82, 2.24) is 15.2 Å². The summed E-state index contributed by atoms with van der Waals surface area (Å²) in [5, 5.41) is 28.2. The van der Waals surface area contributed by atoms with Crippen molar-refractivity contribution in [2.24, 2.45) is 0 Å². The summed E-state index contributed by atoms with van der Waals surface area (Å²) in [4.78, 5) is 5.34. The summed E-state index contributed by atoms with van der Waals surface area (Å²) in [6.07, 6.45) is -8.67. The Labute approximate surface area is 170 Å². The summed E-state index contributed by atoms with van der Waals surface area (Å²) in [7, 11) is 0. The van der Waals surface area contributed by atoms with Gasteiger partial charge in [0, 0.05) is 30.1 Å². The maximum atomic E-state index is 13.2. The van der Waals surface area contributed by atoms with E-state index in [0.717, 1.165) is 12.1 Å². The van der Waals surface area contributed by atoms with Crippen molar-refractivity contribution in [2.45, 2.75) is 24.4 Å². The molecule has 1 aliphatic heterocycles. The van der Waals surface area contributed by atoms with Gasteiger partial charge in [-0.1, -0.05) is 0 Å². The van der Waals surface area contributed by atoms with Gasteiger partial charge >= 0.3 is 12.4 Å². The Hall–Kier alpha value is -3.15. The van der Waals surface area contributed by atoms with Crippen LogP contribution in [0.4, 0.5) is 32.2 Å². The molecule has 2 aromatic heterocycles. The Morgan fingerprint density at radius 3 is 2.39 bits per heavy atom. The fourth-order valence-electron chi connectivity index (χ4n) is 3.50. The molecule has 1 aliphatic rings. The topological polar surface area (TPSA) is 82.4 Å². The highest BCUT2D eigenvalue weighted by molar-refractivity contribution is 5.98. The third kappa shape index (κ3) is 3.60. The zero-order valence-corrected chi connectivity index (χ0v) is 15.5. The molecule has 0 aliphatic carbocycles. The third-order valence-electron chi connectivity index (χ3n) is 5.17. The number of nitrogens with zero attached hydrogens (tertiary/aromatic N) is 4. The SMILES string of the molecule is Oc1cc(C(F)(F)F)ccc1-c1nnc(N2CC[C@@](O)(C(F)(F)F)C2)c2ncccc12. The number of phenolic OH excluding ortho intramolecular Hbond substituents is 1. The Morgan fingerprint density at radius 1 is 1.03 bits per heavy atom. The zero-order chi connectivity index (χ0) is 22.6. The Kier molecular flexibility index (Phi) is 4.72. The molecule has 164 valence electrons. The van der Waals surface area contributed by atoms with Crippen LogP contribution in [0.3, 0.4) is 0 Å². The van der Waals surface area contributed by atoms with E-state index < -0.39 is 42.2 Å². The molecule has 4 rings (SSSR count). The molecule has 3 aromatic rings. The zero-order valence-electron chi connectivity index (χ0n) is 15.5. The predicted octanol–water partition coefficient (Wildman–Crippen LogP) is 3.92. The maximum absolute atomic E-state index is 13.2. The lowest BCUT2D eigenvalue weighted by atomic mass is 10.0. The van der Waals surface area contributed by atoms with Crippen molar-refractivity contribution in [2.75, 3.05) is 18.0 Å². The van der Waals surface area contributed by atoms with Crippen LogP contribution in [0.1, 0.15) is 12.0 Å². The van der Waals surface area contributed by atoms with Crippen LogP contribution in [0.15, 0.2) is 36.5 Å². The molecule has 0 radical (unpaired) electrons. The van der Waals surface area contributed by atoms with Crippen LogP contribution in [0, 0.1) is 0 Å². The van der Waals surface area contributed by atoms with Crippen LogP contribution in [0.25, 0.3) is 22.2 Å². The molecule has 0 unspecified atom stereocenters. The molecular weight excluding hydrogens is 430 g/mol. The summed E-state index contributed by atoms with van der Waals surface area (Å²) in [6.45, 7) is -0.914. The molecule has 1 aromatic carbocycles. The fraction of sp³-hybridized carbons (Fsp3) is 0.316. The summed E-state index contributed by atoms with van der Waals surface area (Å²) in [5.74, 6) is -0.694. The molecule has 6 nitrogen and oxygen atoms in total. The average Bonchev–Trinajstić information content (AvgIpc) is 3.10. The van der Waals surface area contributed by atoms with E-state index in [-0.39, 0.29) is 34.5 Å². The molecule has 1 atom stereocenters. The molecule has 0 spiro atoms. The highest BCUT2D eigenvalue weighted by Gasteiger charge is 2.57. The van der Waals surface area contributed by atoms with Crippen molar-refractivity contribution < 1.29 is 36.6 Å². The molecule has 2 N–H and O–H groups in total. The number of benzene rings is 1. The number of anilines is 1. The van der Waals surface area contributed by atoms with Crippen molar-refractivity contribution in [3.05, 3.63) is 42.1 Å². The highest BCUT2D eigenvalue weighted by atomic mass is 19.4. The summed E-state index contributed by atoms with van der Waals surface area (Å²) in [5.41, 5.74) is -3.84. The number of phenols is 1. The number of halogens is 6. The number of hydrogen-bond donors (Lipinski definition) is 2. The minimum Gasteiger partial charge on any atom is -0.507 e. The minimum atomic E-state index is -4.83. The second kappa shape index (κ2) is 6.94. The van der Waals surface area contributed by atoms with Gasteiger partial charge in [0.25, 0.3) is 0 Å². The quantitative estimate of drug-likeness (QED) is 0.584. The van der Waals surface area contributed by atoms with Gasteiger partial charge in [0.1, 0.15) is 17.0 Å². The van der Waals surface area contributed by atoms with Crippen LogP contribution in [-0.4, -0.2) is 50.3 Å². The van der Waals surface area contributed by atoms with Crippen molar-refractivity contribution in [3.63, 3.8) is 0 Å². The lowest BCUT2D eigenvalue weighted by Gasteiger charge is -2.26. The van der Waals surface area contributed by atoms with E-state index in [9.17, 15) is 36.6 Å². The summed E-state index contributed by atoms with van der Waals surface area (Å²) >= 11 is 0. The van der Waals surface area contributed by atoms with E-state index in [1.807, 2.05) is 0 Å². The molecule has 1 fully saturated rings. The van der Waals surface area contributed by atoms with Gasteiger partial charge < -0.3 is 15.1 Å². The van der Waals surface area contributed by atoms with Gasteiger partial charge in [0.15, 0.2) is 11.4 Å². The van der Waals surface area contributed by atoms with E-state index in [1.165, 1.54) is 23.2 Å². The van der Waals surface area contributed by atoms with Gasteiger partial charge in [-0.05, 0) is 30.3 Å². The highest BCUT2D eigenvalue weighted by Crippen LogP contribution is 2.42. The smallest absolute Gasteiger partial charge is 0.418 e. The lowest BCUT2D eigenvalue weighted by molar-refractivity contribution is -0.250. The van der Waals surface area contributed by atoms with Gasteiger partial charge in [0.2, 0.25) is 0 Å². The molecule has 31 heavy (non-hydrogen) atoms. The molecule has 0 amide bonds. The molecule has 0 saturated carbocycles. The van der Waals surface area contributed by atoms with Crippen LogP contribution in [0.5, 0.6) is 5.75 Å². The van der Waals surface area contributed by atoms with Gasteiger partial charge in [-0.25, -0.2) is 0 Å². The normalized spacial score (nSPS) is 19.9. The number of rotatable bonds is 2. The van der Waals surface area contributed by atoms with E-state index >= 15 is 0 Å². The van der Waals surface area contributed by atoms with E-state index in [1.54, 1.807) is 0 Å². The first-order valence-electron chi connectivity index (χ1n) is 8.97. The standard InChI is InChI=1S/C19H14F6N4O2/c20-18(21,22)10-3-4-11(13(30)8-10)14-12-2-1-6-26-15(12)16(28-27-14)29-7-5-17(31,9-29)19(23,24)25/h1-4,6,8,30-31H,5,7,9H2/t17-/m0/s1. The number of aliphatic hydroxyl groups is 1. The number of pyridine rings is 1. The second-order valence-electron chi connectivity index (χ2n) is 7.20.